The Bertz CT molecular complexity index is 5490. The van der Waals surface area contributed by atoms with E-state index >= 15 is 0 Å². The highest BCUT2D eigenvalue weighted by Crippen LogP contribution is 2.39. The third-order valence-corrected chi connectivity index (χ3v) is 20.5. The van der Waals surface area contributed by atoms with E-state index in [1.165, 1.54) is 112 Å². The van der Waals surface area contributed by atoms with Gasteiger partial charge in [0.1, 0.15) is 0 Å². The lowest BCUT2D eigenvalue weighted by Gasteiger charge is -2.18. The molecule has 0 N–H and O–H groups in total. The summed E-state index contributed by atoms with van der Waals surface area (Å²) < 4.78 is 17.1. The van der Waals surface area contributed by atoms with Gasteiger partial charge in [-0.05, 0) is 186 Å². The van der Waals surface area contributed by atoms with Crippen molar-refractivity contribution >= 4 is 0 Å². The molecule has 104 heavy (non-hydrogen) atoms. The van der Waals surface area contributed by atoms with Crippen LogP contribution in [0.1, 0.15) is 140 Å². The summed E-state index contributed by atoms with van der Waals surface area (Å²) in [5.41, 5.74) is 36.6. The zero-order valence-electron chi connectivity index (χ0n) is 64.2. The minimum Gasteiger partial charge on any atom is -0.192 e. The van der Waals surface area contributed by atoms with Crippen molar-refractivity contribution in [1.82, 2.24) is 18.7 Å². The number of nitriles is 4. The van der Waals surface area contributed by atoms with Gasteiger partial charge in [0.05, 0.1) is 120 Å². The predicted octanol–water partition coefficient (Wildman–Crippen LogP) is 19.0. The van der Waals surface area contributed by atoms with Crippen LogP contribution in [0, 0.1) is 128 Å². The first kappa shape index (κ1) is 74.5. The minimum atomic E-state index is 0.449. The topological polar surface area (TPSA) is 130 Å². The van der Waals surface area contributed by atoms with E-state index < -0.39 is 0 Å². The van der Waals surface area contributed by atoms with Gasteiger partial charge in [0.15, 0.2) is 0 Å². The van der Waals surface area contributed by atoms with Crippen LogP contribution in [-0.4, -0.2) is 18.7 Å². The van der Waals surface area contributed by atoms with Gasteiger partial charge >= 0.3 is 0 Å². The lowest BCUT2D eigenvalue weighted by Crippen LogP contribution is -2.39. The van der Waals surface area contributed by atoms with Crippen LogP contribution >= 0.6 is 0 Å². The molecule has 0 amide bonds. The summed E-state index contributed by atoms with van der Waals surface area (Å²) in [6, 6.07) is 70.8. The first-order chi connectivity index (χ1) is 49.7. The molecule has 0 saturated carbocycles. The van der Waals surface area contributed by atoms with Crippen molar-refractivity contribution < 1.29 is 18.7 Å². The second-order valence-corrected chi connectivity index (χ2v) is 28.0. The van der Waals surface area contributed by atoms with Crippen molar-refractivity contribution in [3.8, 4) is 103 Å². The van der Waals surface area contributed by atoms with Crippen LogP contribution in [0.4, 0.5) is 0 Å². The average Bonchev–Trinajstić information content (AvgIpc) is 1.57. The molecule has 13 rings (SSSR count). The normalized spacial score (nSPS) is 10.8. The summed E-state index contributed by atoms with van der Waals surface area (Å²) in [5, 5.41) is 37.0. The Morgan fingerprint density at radius 2 is 0.548 bits per heavy atom. The summed E-state index contributed by atoms with van der Waals surface area (Å²) in [6.07, 6.45) is 8.73. The molecule has 0 fully saturated rings. The number of aryl methyl sites for hydroxylation is 8. The van der Waals surface area contributed by atoms with Crippen LogP contribution in [0.25, 0.3) is 78.4 Å². The fourth-order valence-corrected chi connectivity index (χ4v) is 14.1. The number of nitrogens with zero attached hydrogens (tertiary/aromatic N) is 12. The van der Waals surface area contributed by atoms with Crippen LogP contribution < -0.4 is 18.7 Å². The standard InChI is InChI=1S/C27H26N3.C25H30N3.C21H22N3.C19H18N3/c1-18-11-12-22(16-28)15-26(18)30-17-25(21(4)29(30)5)27-19(2)13-24(14-20(27)3)23-9-7-6-8-10-23;1-16(2)21-9-8-10-22(17(3)4)25(21)23-15-28(27(7)19(23)6)24-13-20(14-26)12-11-18(24)5;1-14-9-10-18(12-22)11-20(14)24-13-19(17(4)23(24)5)21-15(2)7-6-8-16(21)3;1-14-9-10-16(12-20)11-19(14)22-13-18(15(2)21(22)3)17-7-5-4-6-8-17/h6-15,17H,1-5H3;8-13,15-17H,1-7H3;6-11,13H,1-5H3;4-11,13H,1-3H3/q4*+1. The predicted molar refractivity (Wildman–Crippen MR) is 419 cm³/mol. The highest BCUT2D eigenvalue weighted by atomic mass is 15.4. The average molecular weight is 1370 g/mol. The summed E-state index contributed by atoms with van der Waals surface area (Å²) in [5.74, 6) is 0.899. The summed E-state index contributed by atoms with van der Waals surface area (Å²) in [7, 11) is 8.26. The molecule has 4 aromatic heterocycles. The Morgan fingerprint density at radius 3 is 0.865 bits per heavy atom. The largest absolute Gasteiger partial charge is 0.240 e. The summed E-state index contributed by atoms with van der Waals surface area (Å²) in [4.78, 5) is 0. The molecule has 4 heterocycles. The van der Waals surface area contributed by atoms with Gasteiger partial charge in [-0.25, -0.2) is 0 Å². The van der Waals surface area contributed by atoms with E-state index in [-0.39, 0.29) is 0 Å². The van der Waals surface area contributed by atoms with E-state index in [0.717, 1.165) is 45.0 Å². The van der Waals surface area contributed by atoms with Gasteiger partial charge in [-0.15, -0.1) is 0 Å². The minimum absolute atomic E-state index is 0.449. The van der Waals surface area contributed by atoms with E-state index in [0.29, 0.717) is 34.1 Å². The van der Waals surface area contributed by atoms with E-state index in [1.54, 1.807) is 0 Å². The van der Waals surface area contributed by atoms with Crippen molar-refractivity contribution in [3.63, 3.8) is 0 Å². The quantitative estimate of drug-likeness (QED) is 0.119. The monoisotopic (exact) mass is 1370 g/mol. The van der Waals surface area contributed by atoms with E-state index in [4.69, 9.17) is 5.26 Å². The van der Waals surface area contributed by atoms with E-state index in [2.05, 4.69) is 303 Å². The molecule has 12 nitrogen and oxygen atoms in total. The maximum absolute atomic E-state index is 9.34. The molecule has 0 aliphatic heterocycles. The molecule has 0 bridgehead atoms. The van der Waals surface area contributed by atoms with Gasteiger partial charge in [-0.2, -0.15) is 39.8 Å². The van der Waals surface area contributed by atoms with Crippen molar-refractivity contribution in [1.29, 1.82) is 21.0 Å². The first-order valence-electron chi connectivity index (χ1n) is 35.5. The molecule has 0 aliphatic carbocycles. The van der Waals surface area contributed by atoms with Crippen LogP contribution in [0.2, 0.25) is 0 Å². The van der Waals surface area contributed by atoms with Crippen molar-refractivity contribution in [2.24, 2.45) is 28.2 Å². The summed E-state index contributed by atoms with van der Waals surface area (Å²) in [6.45, 7) is 34.6. The van der Waals surface area contributed by atoms with Crippen LogP contribution in [-0.2, 0) is 28.2 Å². The molecule has 520 valence electrons. The second kappa shape index (κ2) is 31.8. The van der Waals surface area contributed by atoms with E-state index in [9.17, 15) is 15.8 Å². The fourth-order valence-electron chi connectivity index (χ4n) is 14.1. The Morgan fingerprint density at radius 1 is 0.269 bits per heavy atom. The number of hydrogen-bond acceptors (Lipinski definition) is 4. The van der Waals surface area contributed by atoms with E-state index in [1.807, 2.05) is 104 Å². The molecular formula is C92H96N12+4. The lowest BCUT2D eigenvalue weighted by atomic mass is 9.85. The number of hydrogen-bond donors (Lipinski definition) is 0. The molecule has 0 radical (unpaired) electrons. The zero-order chi connectivity index (χ0) is 75.1. The van der Waals surface area contributed by atoms with Gasteiger partial charge in [-0.3, -0.25) is 0 Å². The number of benzene rings is 9. The third-order valence-electron chi connectivity index (χ3n) is 20.5. The maximum atomic E-state index is 9.34. The number of aromatic nitrogens is 8. The smallest absolute Gasteiger partial charge is 0.192 e. The zero-order valence-corrected chi connectivity index (χ0v) is 64.2. The molecule has 0 atom stereocenters. The van der Waals surface area contributed by atoms with Gasteiger partial charge in [0.2, 0.25) is 47.5 Å². The Labute approximate surface area is 615 Å². The van der Waals surface area contributed by atoms with Crippen LogP contribution in [0.3, 0.4) is 0 Å². The Hall–Kier alpha value is -12.2. The van der Waals surface area contributed by atoms with Crippen LogP contribution in [0.15, 0.2) is 207 Å². The molecular weight excluding hydrogens is 1270 g/mol. The maximum Gasteiger partial charge on any atom is 0.240 e. The fraction of sp³-hybridized carbons (Fsp3) is 0.239. The highest BCUT2D eigenvalue weighted by Gasteiger charge is 2.29. The van der Waals surface area contributed by atoms with Crippen molar-refractivity contribution in [2.45, 2.75) is 123 Å². The van der Waals surface area contributed by atoms with Gasteiger partial charge in [0, 0.05) is 46.5 Å². The molecule has 9 aromatic carbocycles. The first-order valence-corrected chi connectivity index (χ1v) is 35.5. The van der Waals surface area contributed by atoms with Crippen LogP contribution in [0.5, 0.6) is 0 Å². The molecule has 13 aromatic rings. The third kappa shape index (κ3) is 15.2. The Kier molecular flexibility index (Phi) is 22.7. The molecule has 0 spiro atoms. The lowest BCUT2D eigenvalue weighted by molar-refractivity contribution is -0.683. The van der Waals surface area contributed by atoms with Crippen molar-refractivity contribution in [2.75, 3.05) is 0 Å². The second-order valence-electron chi connectivity index (χ2n) is 28.0. The molecule has 0 unspecified atom stereocenters. The molecule has 12 heteroatoms. The summed E-state index contributed by atoms with van der Waals surface area (Å²) >= 11 is 0. The van der Waals surface area contributed by atoms with Gasteiger partial charge in [-0.1, -0.05) is 180 Å². The SMILES string of the molecule is Cc1ccc(C#N)cc1-[n+]1cc(-c2c(C(C)C)cccc2C(C)C)c(C)n1C.Cc1ccc(C#N)cc1-[n+]1cc(-c2c(C)cc(-c3ccccc3)cc2C)c(C)n1C.Cc1ccc(C#N)cc1-[n+]1cc(-c2c(C)cccc2C)c(C)n1C.Cc1ccc(C#N)cc1-[n+]1cc(-c2ccccc2)c(C)n1C. The highest BCUT2D eigenvalue weighted by molar-refractivity contribution is 5.78. The van der Waals surface area contributed by atoms with Gasteiger partial charge in [0.25, 0.3) is 0 Å². The Balaban J connectivity index is 0.000000150. The number of rotatable bonds is 11. The van der Waals surface area contributed by atoms with Crippen molar-refractivity contribution in [3.05, 3.63) is 307 Å². The molecule has 0 aliphatic rings. The van der Waals surface area contributed by atoms with Gasteiger partial charge < -0.3 is 0 Å². The molecule has 0 saturated heterocycles.